The second kappa shape index (κ2) is 6.13. The molecule has 5 nitrogen and oxygen atoms in total. The van der Waals surface area contributed by atoms with Crippen LogP contribution < -0.4 is 10.6 Å². The molecule has 0 spiro atoms. The lowest BCUT2D eigenvalue weighted by atomic mass is 10.1. The summed E-state index contributed by atoms with van der Waals surface area (Å²) in [5.41, 5.74) is 2.41. The molecule has 2 aromatic rings. The highest BCUT2D eigenvalue weighted by Gasteiger charge is 2.36. The lowest BCUT2D eigenvalue weighted by Gasteiger charge is -2.21. The van der Waals surface area contributed by atoms with Crippen molar-refractivity contribution in [2.45, 2.75) is 37.8 Å². The molecule has 1 heterocycles. The molecular formula is C18H21ClN4O. The molecule has 1 aromatic heterocycles. The molecule has 4 rings (SSSR count). The van der Waals surface area contributed by atoms with Gasteiger partial charge < -0.3 is 15.2 Å². The van der Waals surface area contributed by atoms with Crippen LogP contribution in [0.2, 0.25) is 5.02 Å². The normalized spacial score (nSPS) is 20.5. The van der Waals surface area contributed by atoms with E-state index in [1.807, 2.05) is 36.0 Å². The van der Waals surface area contributed by atoms with Gasteiger partial charge in [0.25, 0.3) is 0 Å². The van der Waals surface area contributed by atoms with Crippen molar-refractivity contribution in [2.75, 3.05) is 0 Å². The summed E-state index contributed by atoms with van der Waals surface area (Å²) < 4.78 is 1.98. The average molecular weight is 345 g/mol. The molecule has 0 radical (unpaired) electrons. The SMILES string of the molecule is Cn1ccnc1C(NC(=O)N[C@@H]1CCc2cc(Cl)ccc21)C1CC1. The van der Waals surface area contributed by atoms with Gasteiger partial charge >= 0.3 is 6.03 Å². The Morgan fingerprint density at radius 1 is 1.38 bits per heavy atom. The minimum absolute atomic E-state index is 0.0175. The van der Waals surface area contributed by atoms with Crippen LogP contribution in [0.4, 0.5) is 4.79 Å². The van der Waals surface area contributed by atoms with Crippen LogP contribution in [0.15, 0.2) is 30.6 Å². The summed E-state index contributed by atoms with van der Waals surface area (Å²) in [7, 11) is 1.97. The van der Waals surface area contributed by atoms with Gasteiger partial charge in [0.15, 0.2) is 0 Å². The molecule has 1 fully saturated rings. The van der Waals surface area contributed by atoms with Crippen LogP contribution in [0.1, 0.15) is 48.3 Å². The minimum Gasteiger partial charge on any atom is -0.336 e. The maximum Gasteiger partial charge on any atom is 0.315 e. The molecule has 0 bridgehead atoms. The summed E-state index contributed by atoms with van der Waals surface area (Å²) in [4.78, 5) is 17.0. The fraction of sp³-hybridized carbons (Fsp3) is 0.444. The second-order valence-corrected chi connectivity index (χ2v) is 7.20. The molecule has 1 aromatic carbocycles. The van der Waals surface area contributed by atoms with E-state index in [1.54, 1.807) is 6.20 Å². The van der Waals surface area contributed by atoms with Gasteiger partial charge in [-0.2, -0.15) is 0 Å². The maximum atomic E-state index is 12.5. The Labute approximate surface area is 146 Å². The van der Waals surface area contributed by atoms with Crippen LogP contribution in [0.25, 0.3) is 0 Å². The Morgan fingerprint density at radius 2 is 2.21 bits per heavy atom. The number of urea groups is 1. The number of nitrogens with one attached hydrogen (secondary N) is 2. The first-order valence-corrected chi connectivity index (χ1v) is 8.82. The largest absolute Gasteiger partial charge is 0.336 e. The van der Waals surface area contributed by atoms with Gasteiger partial charge in [-0.1, -0.05) is 17.7 Å². The van der Waals surface area contributed by atoms with Crippen molar-refractivity contribution < 1.29 is 4.79 Å². The van der Waals surface area contributed by atoms with Gasteiger partial charge in [0.05, 0.1) is 12.1 Å². The molecule has 24 heavy (non-hydrogen) atoms. The molecule has 2 aliphatic rings. The van der Waals surface area contributed by atoms with E-state index in [-0.39, 0.29) is 18.1 Å². The molecule has 2 atom stereocenters. The van der Waals surface area contributed by atoms with Crippen molar-refractivity contribution in [1.82, 2.24) is 20.2 Å². The standard InChI is InChI=1S/C18H21ClN4O/c1-23-9-8-20-17(23)16(11-2-3-11)22-18(24)21-15-7-4-12-10-13(19)5-6-14(12)15/h5-6,8-11,15-16H,2-4,7H2,1H3,(H2,21,22,24)/t15-,16?/m1/s1. The summed E-state index contributed by atoms with van der Waals surface area (Å²) in [6, 6.07) is 5.82. The van der Waals surface area contributed by atoms with Gasteiger partial charge in [-0.25, -0.2) is 9.78 Å². The molecule has 1 saturated carbocycles. The number of amides is 2. The number of hydrogen-bond donors (Lipinski definition) is 2. The number of aromatic nitrogens is 2. The fourth-order valence-corrected chi connectivity index (χ4v) is 3.77. The third-order valence-corrected chi connectivity index (χ3v) is 5.24. The number of aryl methyl sites for hydroxylation is 2. The zero-order valence-corrected chi connectivity index (χ0v) is 14.4. The molecule has 2 aliphatic carbocycles. The molecule has 0 saturated heterocycles. The van der Waals surface area contributed by atoms with E-state index in [9.17, 15) is 4.79 Å². The zero-order valence-electron chi connectivity index (χ0n) is 13.6. The Balaban J connectivity index is 1.45. The second-order valence-electron chi connectivity index (χ2n) is 6.76. The number of halogens is 1. The van der Waals surface area contributed by atoms with Gasteiger partial charge in [-0.05, 0) is 54.9 Å². The predicted octanol–water partition coefficient (Wildman–Crippen LogP) is 3.51. The van der Waals surface area contributed by atoms with E-state index in [2.05, 4.69) is 15.6 Å². The molecule has 2 N–H and O–H groups in total. The monoisotopic (exact) mass is 344 g/mol. The molecule has 6 heteroatoms. The Kier molecular flexibility index (Phi) is 3.96. The summed E-state index contributed by atoms with van der Waals surface area (Å²) in [6.45, 7) is 0. The highest BCUT2D eigenvalue weighted by atomic mass is 35.5. The van der Waals surface area contributed by atoms with Crippen LogP contribution in [-0.2, 0) is 13.5 Å². The predicted molar refractivity (Wildman–Crippen MR) is 92.9 cm³/mol. The average Bonchev–Trinajstić information content (AvgIpc) is 3.20. The van der Waals surface area contributed by atoms with Gasteiger partial charge in [0.1, 0.15) is 5.82 Å². The fourth-order valence-electron chi connectivity index (χ4n) is 3.58. The van der Waals surface area contributed by atoms with E-state index in [4.69, 9.17) is 11.6 Å². The van der Waals surface area contributed by atoms with Crippen molar-refractivity contribution in [3.63, 3.8) is 0 Å². The smallest absolute Gasteiger partial charge is 0.315 e. The van der Waals surface area contributed by atoms with Crippen molar-refractivity contribution >= 4 is 17.6 Å². The Morgan fingerprint density at radius 3 is 2.92 bits per heavy atom. The third kappa shape index (κ3) is 3.00. The van der Waals surface area contributed by atoms with Crippen molar-refractivity contribution in [1.29, 1.82) is 0 Å². The Hall–Kier alpha value is -2.01. The number of imidazole rings is 1. The Bertz CT molecular complexity index is 768. The van der Waals surface area contributed by atoms with E-state index in [0.717, 1.165) is 36.5 Å². The van der Waals surface area contributed by atoms with Crippen LogP contribution in [0.3, 0.4) is 0 Å². The van der Waals surface area contributed by atoms with Crippen LogP contribution in [0.5, 0.6) is 0 Å². The summed E-state index contributed by atoms with van der Waals surface area (Å²) >= 11 is 6.05. The number of carbonyl (C=O) groups is 1. The molecule has 2 amide bonds. The first-order valence-electron chi connectivity index (χ1n) is 8.44. The van der Waals surface area contributed by atoms with Crippen molar-refractivity contribution in [2.24, 2.45) is 13.0 Å². The van der Waals surface area contributed by atoms with Crippen LogP contribution >= 0.6 is 11.6 Å². The number of benzene rings is 1. The number of carbonyl (C=O) groups excluding carboxylic acids is 1. The molecular weight excluding hydrogens is 324 g/mol. The third-order valence-electron chi connectivity index (χ3n) is 5.00. The zero-order chi connectivity index (χ0) is 16.7. The summed E-state index contributed by atoms with van der Waals surface area (Å²) in [5, 5.41) is 7.00. The number of rotatable bonds is 4. The summed E-state index contributed by atoms with van der Waals surface area (Å²) in [5.74, 6) is 1.41. The van der Waals surface area contributed by atoms with E-state index < -0.39 is 0 Å². The van der Waals surface area contributed by atoms with Crippen LogP contribution in [0, 0.1) is 5.92 Å². The van der Waals surface area contributed by atoms with E-state index in [1.165, 1.54) is 11.1 Å². The number of nitrogens with zero attached hydrogens (tertiary/aromatic N) is 2. The van der Waals surface area contributed by atoms with E-state index in [0.29, 0.717) is 5.92 Å². The maximum absolute atomic E-state index is 12.5. The highest BCUT2D eigenvalue weighted by molar-refractivity contribution is 6.30. The van der Waals surface area contributed by atoms with Gasteiger partial charge in [0.2, 0.25) is 0 Å². The van der Waals surface area contributed by atoms with Crippen LogP contribution in [-0.4, -0.2) is 15.6 Å². The molecule has 1 unspecified atom stereocenters. The minimum atomic E-state index is -0.123. The first kappa shape index (κ1) is 15.5. The quantitative estimate of drug-likeness (QED) is 0.891. The van der Waals surface area contributed by atoms with Gasteiger partial charge in [-0.3, -0.25) is 0 Å². The highest BCUT2D eigenvalue weighted by Crippen LogP contribution is 2.40. The topological polar surface area (TPSA) is 59.0 Å². The molecule has 126 valence electrons. The first-order chi connectivity index (χ1) is 11.6. The van der Waals surface area contributed by atoms with Gasteiger partial charge in [-0.15, -0.1) is 0 Å². The molecule has 0 aliphatic heterocycles. The lowest BCUT2D eigenvalue weighted by molar-refractivity contribution is 0.230. The van der Waals surface area contributed by atoms with Gasteiger partial charge in [0, 0.05) is 24.5 Å². The van der Waals surface area contributed by atoms with Crippen molar-refractivity contribution in [3.05, 3.63) is 52.6 Å². The summed E-state index contributed by atoms with van der Waals surface area (Å²) in [6.07, 6.45) is 7.85. The van der Waals surface area contributed by atoms with E-state index >= 15 is 0 Å². The van der Waals surface area contributed by atoms with Crippen molar-refractivity contribution in [3.8, 4) is 0 Å². The lowest BCUT2D eigenvalue weighted by Crippen LogP contribution is -2.40. The number of hydrogen-bond acceptors (Lipinski definition) is 2. The number of fused-ring (bicyclic) bond motifs is 1.